The molecule has 0 aromatic heterocycles. The molecule has 112 valence electrons. The van der Waals surface area contributed by atoms with Gasteiger partial charge in [-0.05, 0) is 52.9 Å². The predicted octanol–water partition coefficient (Wildman–Crippen LogP) is 2.71. The molecule has 0 aliphatic carbocycles. The van der Waals surface area contributed by atoms with Gasteiger partial charge in [0.15, 0.2) is 0 Å². The molecule has 5 heteroatoms. The van der Waals surface area contributed by atoms with Crippen LogP contribution in [0.3, 0.4) is 0 Å². The Morgan fingerprint density at radius 3 is 2.26 bits per heavy atom. The summed E-state index contributed by atoms with van der Waals surface area (Å²) in [5.74, 6) is 0.303. The summed E-state index contributed by atoms with van der Waals surface area (Å²) in [5.41, 5.74) is 3.65. The standard InChI is InChI=1S/C14H27FN2O2/c1-13(2,3)19-12(18)17-7-5-11(6-8-17)9-14(4,15)10-16/h11H,5-10,16H2,1-4H3. The summed E-state index contributed by atoms with van der Waals surface area (Å²) < 4.78 is 19.2. The van der Waals surface area contributed by atoms with E-state index in [4.69, 9.17) is 10.5 Å². The normalized spacial score (nSPS) is 21.1. The molecule has 0 radical (unpaired) electrons. The fraction of sp³-hybridized carbons (Fsp3) is 0.929. The molecule has 1 saturated heterocycles. The summed E-state index contributed by atoms with van der Waals surface area (Å²) in [7, 11) is 0. The van der Waals surface area contributed by atoms with Crippen LogP contribution in [0.5, 0.6) is 0 Å². The van der Waals surface area contributed by atoms with Gasteiger partial charge < -0.3 is 15.4 Å². The van der Waals surface area contributed by atoms with Gasteiger partial charge >= 0.3 is 6.09 Å². The number of likely N-dealkylation sites (tertiary alicyclic amines) is 1. The number of piperidine rings is 1. The molecule has 1 atom stereocenters. The molecule has 1 heterocycles. The van der Waals surface area contributed by atoms with E-state index in [1.54, 1.807) is 11.8 Å². The summed E-state index contributed by atoms with van der Waals surface area (Å²) in [6.45, 7) is 8.45. The van der Waals surface area contributed by atoms with Gasteiger partial charge in [0.05, 0.1) is 0 Å². The van der Waals surface area contributed by atoms with Crippen molar-refractivity contribution >= 4 is 6.09 Å². The van der Waals surface area contributed by atoms with Gasteiger partial charge in [-0.25, -0.2) is 9.18 Å². The average molecular weight is 274 g/mol. The summed E-state index contributed by atoms with van der Waals surface area (Å²) >= 11 is 0. The summed E-state index contributed by atoms with van der Waals surface area (Å²) in [6, 6.07) is 0. The first-order chi connectivity index (χ1) is 8.63. The molecule has 0 aromatic carbocycles. The Morgan fingerprint density at radius 1 is 1.32 bits per heavy atom. The first kappa shape index (κ1) is 16.2. The Kier molecular flexibility index (Phi) is 5.18. The highest BCUT2D eigenvalue weighted by Crippen LogP contribution is 2.28. The quantitative estimate of drug-likeness (QED) is 0.861. The Morgan fingerprint density at radius 2 is 1.84 bits per heavy atom. The Hall–Kier alpha value is -0.840. The third-order valence-electron chi connectivity index (χ3n) is 3.41. The molecule has 0 saturated carbocycles. The zero-order chi connectivity index (χ0) is 14.7. The molecule has 1 amide bonds. The van der Waals surface area contributed by atoms with Gasteiger partial charge in [0.25, 0.3) is 0 Å². The molecule has 0 bridgehead atoms. The maximum Gasteiger partial charge on any atom is 0.410 e. The van der Waals surface area contributed by atoms with Crippen LogP contribution >= 0.6 is 0 Å². The third kappa shape index (κ3) is 5.76. The highest BCUT2D eigenvalue weighted by molar-refractivity contribution is 5.68. The zero-order valence-electron chi connectivity index (χ0n) is 12.5. The van der Waals surface area contributed by atoms with Gasteiger partial charge in [-0.3, -0.25) is 0 Å². The van der Waals surface area contributed by atoms with Gasteiger partial charge in [-0.15, -0.1) is 0 Å². The lowest BCUT2D eigenvalue weighted by atomic mass is 9.86. The molecule has 1 fully saturated rings. The highest BCUT2D eigenvalue weighted by Gasteiger charge is 2.31. The van der Waals surface area contributed by atoms with E-state index in [1.807, 2.05) is 20.8 Å². The lowest BCUT2D eigenvalue weighted by Gasteiger charge is -2.35. The number of hydrogen-bond donors (Lipinski definition) is 1. The third-order valence-corrected chi connectivity index (χ3v) is 3.41. The van der Waals surface area contributed by atoms with E-state index in [0.717, 1.165) is 12.8 Å². The SMILES string of the molecule is CC(F)(CN)CC1CCN(C(=O)OC(C)(C)C)CC1. The zero-order valence-corrected chi connectivity index (χ0v) is 12.5. The van der Waals surface area contributed by atoms with Crippen molar-refractivity contribution in [1.29, 1.82) is 0 Å². The second kappa shape index (κ2) is 6.07. The van der Waals surface area contributed by atoms with Crippen LogP contribution in [0.4, 0.5) is 9.18 Å². The first-order valence-corrected chi connectivity index (χ1v) is 7.00. The summed E-state index contributed by atoms with van der Waals surface area (Å²) in [6.07, 6.45) is 1.84. The van der Waals surface area contributed by atoms with Crippen molar-refractivity contribution in [3.63, 3.8) is 0 Å². The largest absolute Gasteiger partial charge is 0.444 e. The molecule has 1 aliphatic rings. The summed E-state index contributed by atoms with van der Waals surface area (Å²) in [5, 5.41) is 0. The molecule has 1 unspecified atom stereocenters. The maximum atomic E-state index is 13.9. The van der Waals surface area contributed by atoms with E-state index < -0.39 is 11.3 Å². The second-order valence-electron chi connectivity index (χ2n) is 6.73. The maximum absolute atomic E-state index is 13.9. The van der Waals surface area contributed by atoms with Gasteiger partial charge in [0, 0.05) is 19.6 Å². The van der Waals surface area contributed by atoms with Crippen molar-refractivity contribution in [2.75, 3.05) is 19.6 Å². The van der Waals surface area contributed by atoms with Crippen LogP contribution in [-0.4, -0.2) is 41.9 Å². The number of hydrogen-bond acceptors (Lipinski definition) is 3. The van der Waals surface area contributed by atoms with Crippen LogP contribution in [0.15, 0.2) is 0 Å². The van der Waals surface area contributed by atoms with E-state index in [0.29, 0.717) is 25.4 Å². The predicted molar refractivity (Wildman–Crippen MR) is 73.7 cm³/mol. The van der Waals surface area contributed by atoms with Crippen LogP contribution < -0.4 is 5.73 Å². The molecule has 1 aliphatic heterocycles. The number of halogens is 1. The second-order valence-corrected chi connectivity index (χ2v) is 6.73. The number of carbonyl (C=O) groups is 1. The minimum absolute atomic E-state index is 0.0548. The lowest BCUT2D eigenvalue weighted by molar-refractivity contribution is 0.0158. The monoisotopic (exact) mass is 274 g/mol. The lowest BCUT2D eigenvalue weighted by Crippen LogP contribution is -2.43. The van der Waals surface area contributed by atoms with Crippen molar-refractivity contribution in [3.05, 3.63) is 0 Å². The topological polar surface area (TPSA) is 55.6 Å². The van der Waals surface area contributed by atoms with Crippen LogP contribution in [0.1, 0.15) is 47.0 Å². The van der Waals surface area contributed by atoms with E-state index in [1.165, 1.54) is 0 Å². The first-order valence-electron chi connectivity index (χ1n) is 7.00. The smallest absolute Gasteiger partial charge is 0.410 e. The Bertz CT molecular complexity index is 305. The van der Waals surface area contributed by atoms with Gasteiger partial charge in [0.2, 0.25) is 0 Å². The van der Waals surface area contributed by atoms with Gasteiger partial charge in [-0.2, -0.15) is 0 Å². The number of amides is 1. The number of rotatable bonds is 3. The molecule has 2 N–H and O–H groups in total. The van der Waals surface area contributed by atoms with Gasteiger partial charge in [0.1, 0.15) is 11.3 Å². The molecule has 19 heavy (non-hydrogen) atoms. The number of nitrogens with two attached hydrogens (primary N) is 1. The minimum Gasteiger partial charge on any atom is -0.444 e. The van der Waals surface area contributed by atoms with Crippen molar-refractivity contribution in [3.8, 4) is 0 Å². The van der Waals surface area contributed by atoms with E-state index in [-0.39, 0.29) is 12.6 Å². The van der Waals surface area contributed by atoms with Crippen LogP contribution in [0.2, 0.25) is 0 Å². The van der Waals surface area contributed by atoms with E-state index >= 15 is 0 Å². The molecule has 0 aromatic rings. The van der Waals surface area contributed by atoms with Gasteiger partial charge in [-0.1, -0.05) is 0 Å². The molecule has 0 spiro atoms. The molecular formula is C14H27FN2O2. The summed E-state index contributed by atoms with van der Waals surface area (Å²) in [4.78, 5) is 13.6. The van der Waals surface area contributed by atoms with E-state index in [9.17, 15) is 9.18 Å². The molecular weight excluding hydrogens is 247 g/mol. The average Bonchev–Trinajstić information content (AvgIpc) is 2.27. The minimum atomic E-state index is -1.29. The highest BCUT2D eigenvalue weighted by atomic mass is 19.1. The van der Waals surface area contributed by atoms with Crippen LogP contribution in [-0.2, 0) is 4.74 Å². The number of ether oxygens (including phenoxy) is 1. The van der Waals surface area contributed by atoms with Crippen molar-refractivity contribution in [2.24, 2.45) is 11.7 Å². The van der Waals surface area contributed by atoms with Crippen LogP contribution in [0.25, 0.3) is 0 Å². The molecule has 4 nitrogen and oxygen atoms in total. The van der Waals surface area contributed by atoms with E-state index in [2.05, 4.69) is 0 Å². The van der Waals surface area contributed by atoms with Crippen molar-refractivity contribution in [1.82, 2.24) is 4.90 Å². The fourth-order valence-electron chi connectivity index (χ4n) is 2.33. The number of nitrogens with zero attached hydrogens (tertiary/aromatic N) is 1. The Balaban J connectivity index is 2.39. The Labute approximate surface area is 115 Å². The van der Waals surface area contributed by atoms with Crippen molar-refractivity contribution in [2.45, 2.75) is 58.2 Å². The number of alkyl halides is 1. The van der Waals surface area contributed by atoms with Crippen molar-refractivity contribution < 1.29 is 13.9 Å². The fourth-order valence-corrected chi connectivity index (χ4v) is 2.33. The number of carbonyl (C=O) groups excluding carboxylic acids is 1. The molecule has 1 rings (SSSR count). The van der Waals surface area contributed by atoms with Crippen LogP contribution in [0, 0.1) is 5.92 Å².